The van der Waals surface area contributed by atoms with E-state index in [1.165, 1.54) is 12.3 Å². The Morgan fingerprint density at radius 1 is 1.55 bits per heavy atom. The fourth-order valence-corrected chi connectivity index (χ4v) is 0.831. The lowest BCUT2D eigenvalue weighted by atomic mass is 10.5. The molecule has 0 aliphatic heterocycles. The van der Waals surface area contributed by atoms with Crippen LogP contribution in [0.25, 0.3) is 6.08 Å². The van der Waals surface area contributed by atoms with Gasteiger partial charge < -0.3 is 4.42 Å². The summed E-state index contributed by atoms with van der Waals surface area (Å²) in [5.41, 5.74) is 0. The van der Waals surface area contributed by atoms with Crippen LogP contribution in [-0.4, -0.2) is 8.42 Å². The Bertz CT molecular complexity index is 336. The molecule has 0 unspecified atom stereocenters. The summed E-state index contributed by atoms with van der Waals surface area (Å²) < 4.78 is 36.4. The number of rotatable bonds is 2. The Morgan fingerprint density at radius 3 is 2.73 bits per heavy atom. The van der Waals surface area contributed by atoms with Crippen molar-refractivity contribution in [3.8, 4) is 0 Å². The molecule has 3 nitrogen and oxygen atoms in total. The van der Waals surface area contributed by atoms with E-state index >= 15 is 0 Å². The number of hydrogen-bond acceptors (Lipinski definition) is 3. The Morgan fingerprint density at radius 2 is 2.27 bits per heavy atom. The first-order chi connectivity index (χ1) is 5.08. The lowest BCUT2D eigenvalue weighted by Crippen LogP contribution is -1.79. The van der Waals surface area contributed by atoms with Crippen molar-refractivity contribution in [3.05, 3.63) is 29.6 Å². The van der Waals surface area contributed by atoms with Gasteiger partial charge in [-0.1, -0.05) is 0 Å². The molecule has 0 amide bonds. The third-order valence-corrected chi connectivity index (χ3v) is 1.40. The molecule has 0 fully saturated rings. The van der Waals surface area contributed by atoms with Gasteiger partial charge in [0.15, 0.2) is 0 Å². The molecule has 0 bridgehead atoms. The van der Waals surface area contributed by atoms with Crippen LogP contribution in [0.3, 0.4) is 0 Å². The molecule has 0 radical (unpaired) electrons. The van der Waals surface area contributed by atoms with Gasteiger partial charge in [0.05, 0.1) is 11.7 Å². The third kappa shape index (κ3) is 2.99. The second-order valence-electron chi connectivity index (χ2n) is 1.79. The maximum absolute atomic E-state index is 11.8. The van der Waals surface area contributed by atoms with E-state index in [0.29, 0.717) is 11.2 Å². The van der Waals surface area contributed by atoms with Crippen molar-refractivity contribution in [2.45, 2.75) is 0 Å². The first-order valence-electron chi connectivity index (χ1n) is 2.74. The van der Waals surface area contributed by atoms with Gasteiger partial charge in [-0.3, -0.25) is 0 Å². The summed E-state index contributed by atoms with van der Waals surface area (Å²) in [7, 11) is -4.54. The molecule has 0 atom stereocenters. The standard InChI is InChI=1S/C6H5FO3S/c7-11(8,9)5-3-6-2-1-4-10-6/h1-5H/b5-3+. The molecule has 0 spiro atoms. The minimum Gasteiger partial charge on any atom is -0.465 e. The Kier molecular flexibility index (Phi) is 2.09. The molecule has 60 valence electrons. The lowest BCUT2D eigenvalue weighted by molar-refractivity contribution is 0.554. The quantitative estimate of drug-likeness (QED) is 0.642. The van der Waals surface area contributed by atoms with Crippen molar-refractivity contribution in [2.75, 3.05) is 0 Å². The summed E-state index contributed by atoms with van der Waals surface area (Å²) in [5, 5.41) is 0.436. The minimum absolute atomic E-state index is 0.297. The van der Waals surface area contributed by atoms with Crippen LogP contribution in [0.15, 0.2) is 28.2 Å². The van der Waals surface area contributed by atoms with Crippen molar-refractivity contribution in [3.63, 3.8) is 0 Å². The van der Waals surface area contributed by atoms with Crippen molar-refractivity contribution < 1.29 is 16.7 Å². The largest absolute Gasteiger partial charge is 0.465 e. The molecule has 11 heavy (non-hydrogen) atoms. The minimum atomic E-state index is -4.54. The Balaban J connectivity index is 2.79. The van der Waals surface area contributed by atoms with E-state index in [0.717, 1.165) is 6.08 Å². The van der Waals surface area contributed by atoms with E-state index in [1.54, 1.807) is 6.07 Å². The summed E-state index contributed by atoms with van der Waals surface area (Å²) >= 11 is 0. The fourth-order valence-electron chi connectivity index (χ4n) is 0.534. The smallest absolute Gasteiger partial charge is 0.325 e. The molecule has 1 aromatic heterocycles. The van der Waals surface area contributed by atoms with E-state index in [9.17, 15) is 12.3 Å². The molecular formula is C6H5FO3S. The molecule has 5 heteroatoms. The van der Waals surface area contributed by atoms with Gasteiger partial charge >= 0.3 is 10.2 Å². The van der Waals surface area contributed by atoms with Crippen molar-refractivity contribution in [2.24, 2.45) is 0 Å². The van der Waals surface area contributed by atoms with Crippen LogP contribution in [0.1, 0.15) is 5.76 Å². The maximum Gasteiger partial charge on any atom is 0.325 e. The summed E-state index contributed by atoms with van der Waals surface area (Å²) in [6.45, 7) is 0. The van der Waals surface area contributed by atoms with Crippen LogP contribution in [0.5, 0.6) is 0 Å². The fraction of sp³-hybridized carbons (Fsp3) is 0. The van der Waals surface area contributed by atoms with Gasteiger partial charge in [-0.25, -0.2) is 0 Å². The van der Waals surface area contributed by atoms with Gasteiger partial charge in [0.1, 0.15) is 5.76 Å². The van der Waals surface area contributed by atoms with Gasteiger partial charge in [-0.15, -0.1) is 3.89 Å². The third-order valence-electron chi connectivity index (χ3n) is 0.938. The van der Waals surface area contributed by atoms with Crippen LogP contribution < -0.4 is 0 Å². The molecule has 0 aliphatic carbocycles. The molecule has 1 rings (SSSR count). The van der Waals surface area contributed by atoms with E-state index in [-0.39, 0.29) is 0 Å². The molecule has 0 saturated carbocycles. The highest BCUT2D eigenvalue weighted by Crippen LogP contribution is 2.04. The predicted molar refractivity (Wildman–Crippen MR) is 37.8 cm³/mol. The van der Waals surface area contributed by atoms with Crippen LogP contribution in [0, 0.1) is 0 Å². The topological polar surface area (TPSA) is 47.3 Å². The SMILES string of the molecule is O=S(=O)(F)/C=C/c1ccco1. The van der Waals surface area contributed by atoms with E-state index < -0.39 is 10.2 Å². The highest BCUT2D eigenvalue weighted by molar-refractivity contribution is 7.89. The van der Waals surface area contributed by atoms with Crippen molar-refractivity contribution in [1.29, 1.82) is 0 Å². The molecule has 0 aliphatic rings. The normalized spacial score (nSPS) is 12.5. The molecule has 1 aromatic rings. The van der Waals surface area contributed by atoms with Gasteiger partial charge in [0.2, 0.25) is 0 Å². The first kappa shape index (κ1) is 8.00. The first-order valence-corrected chi connectivity index (χ1v) is 4.19. The second-order valence-corrected chi connectivity index (χ2v) is 3.02. The average molecular weight is 176 g/mol. The molecule has 0 N–H and O–H groups in total. The van der Waals surface area contributed by atoms with Crippen LogP contribution in [0.2, 0.25) is 0 Å². The van der Waals surface area contributed by atoms with E-state index in [4.69, 9.17) is 4.42 Å². The van der Waals surface area contributed by atoms with Gasteiger partial charge in [0.25, 0.3) is 0 Å². The zero-order valence-corrected chi connectivity index (χ0v) is 6.21. The highest BCUT2D eigenvalue weighted by atomic mass is 32.3. The second kappa shape index (κ2) is 2.87. The molecule has 0 saturated heterocycles. The summed E-state index contributed by atoms with van der Waals surface area (Å²) in [5.74, 6) is 0.297. The van der Waals surface area contributed by atoms with E-state index in [1.807, 2.05) is 0 Å². The van der Waals surface area contributed by atoms with Crippen molar-refractivity contribution >= 4 is 16.3 Å². The zero-order chi connectivity index (χ0) is 8.32. The number of halogens is 1. The van der Waals surface area contributed by atoms with Gasteiger partial charge in [-0.05, 0) is 18.2 Å². The van der Waals surface area contributed by atoms with Gasteiger partial charge in [0, 0.05) is 0 Å². The van der Waals surface area contributed by atoms with Crippen LogP contribution >= 0.6 is 0 Å². The Hall–Kier alpha value is -1.10. The Labute approximate surface area is 63.4 Å². The monoisotopic (exact) mass is 176 g/mol. The maximum atomic E-state index is 11.8. The summed E-state index contributed by atoms with van der Waals surface area (Å²) in [4.78, 5) is 0. The predicted octanol–water partition coefficient (Wildman–Crippen LogP) is 1.55. The number of hydrogen-bond donors (Lipinski definition) is 0. The zero-order valence-electron chi connectivity index (χ0n) is 5.40. The molecule has 0 aromatic carbocycles. The molecule has 1 heterocycles. The summed E-state index contributed by atoms with van der Waals surface area (Å²) in [6, 6.07) is 3.09. The molecular weight excluding hydrogens is 171 g/mol. The van der Waals surface area contributed by atoms with Gasteiger partial charge in [-0.2, -0.15) is 8.42 Å². The van der Waals surface area contributed by atoms with E-state index in [2.05, 4.69) is 0 Å². The van der Waals surface area contributed by atoms with Crippen LogP contribution in [0.4, 0.5) is 3.89 Å². The lowest BCUT2D eigenvalue weighted by Gasteiger charge is -1.80. The number of furan rings is 1. The summed E-state index contributed by atoms with van der Waals surface area (Å²) in [6.07, 6.45) is 2.40. The average Bonchev–Trinajstić information content (AvgIpc) is 2.32. The van der Waals surface area contributed by atoms with Crippen LogP contribution in [-0.2, 0) is 10.2 Å². The van der Waals surface area contributed by atoms with Crippen molar-refractivity contribution in [1.82, 2.24) is 0 Å². The highest BCUT2D eigenvalue weighted by Gasteiger charge is 1.98.